The number of rotatable bonds is 4. The van der Waals surface area contributed by atoms with Crippen LogP contribution in [0.4, 0.5) is 26.2 Å². The second kappa shape index (κ2) is 6.19. The molecule has 1 heterocycles. The predicted octanol–water partition coefficient (Wildman–Crippen LogP) is 4.24. The maximum Gasteiger partial charge on any atom is 0.224 e. The molecule has 0 radical (unpaired) electrons. The van der Waals surface area contributed by atoms with Gasteiger partial charge in [0.15, 0.2) is 17.5 Å². The molecule has 0 fully saturated rings. The highest BCUT2D eigenvalue weighted by Gasteiger charge is 2.11. The largest absolute Gasteiger partial charge is 0.354 e. The molecule has 0 saturated carbocycles. The van der Waals surface area contributed by atoms with Crippen LogP contribution in [0.1, 0.15) is 6.92 Å². The smallest absolute Gasteiger partial charge is 0.224 e. The molecule has 4 nitrogen and oxygen atoms in total. The van der Waals surface area contributed by atoms with Crippen LogP contribution in [0.25, 0.3) is 0 Å². The third-order valence-electron chi connectivity index (χ3n) is 2.33. The zero-order valence-corrected chi connectivity index (χ0v) is 11.9. The van der Waals surface area contributed by atoms with E-state index in [0.29, 0.717) is 12.2 Å². The van der Waals surface area contributed by atoms with Gasteiger partial charge in [-0.1, -0.05) is 23.2 Å². The van der Waals surface area contributed by atoms with E-state index in [2.05, 4.69) is 20.6 Å². The van der Waals surface area contributed by atoms with E-state index in [1.165, 1.54) is 12.1 Å². The summed E-state index contributed by atoms with van der Waals surface area (Å²) in [7, 11) is 0. The zero-order valence-electron chi connectivity index (χ0n) is 10.3. The van der Waals surface area contributed by atoms with E-state index in [-0.39, 0.29) is 21.8 Å². The van der Waals surface area contributed by atoms with Crippen LogP contribution in [0.15, 0.2) is 18.3 Å². The third kappa shape index (κ3) is 3.26. The molecule has 2 N–H and O–H groups in total. The van der Waals surface area contributed by atoms with Crippen molar-refractivity contribution in [3.8, 4) is 0 Å². The molecule has 0 saturated heterocycles. The highest BCUT2D eigenvalue weighted by molar-refractivity contribution is 6.35. The van der Waals surface area contributed by atoms with Crippen LogP contribution in [-0.2, 0) is 0 Å². The lowest BCUT2D eigenvalue weighted by atomic mass is 10.3. The van der Waals surface area contributed by atoms with Crippen molar-refractivity contribution in [3.63, 3.8) is 0 Å². The number of hydrogen-bond donors (Lipinski definition) is 2. The van der Waals surface area contributed by atoms with Crippen molar-refractivity contribution in [2.75, 3.05) is 17.2 Å². The number of benzene rings is 1. The molecule has 0 aliphatic carbocycles. The summed E-state index contributed by atoms with van der Waals surface area (Å²) < 4.78 is 26.9. The van der Waals surface area contributed by atoms with Crippen LogP contribution in [-0.4, -0.2) is 16.5 Å². The molecule has 8 heteroatoms. The number of halogens is 4. The zero-order chi connectivity index (χ0) is 14.7. The van der Waals surface area contributed by atoms with Gasteiger partial charge in [-0.2, -0.15) is 4.98 Å². The van der Waals surface area contributed by atoms with Crippen molar-refractivity contribution in [2.45, 2.75) is 6.92 Å². The molecule has 0 bridgehead atoms. The standard InChI is InChI=1S/C12H10Cl2F2N4/c1-2-17-12-18-5-9(15)11(20-12)19-6-3-7(13)10(16)8(14)4-6/h3-5H,2H2,1H3,(H2,17,18,19,20). The monoisotopic (exact) mass is 318 g/mol. The Hall–Kier alpha value is -1.66. The maximum absolute atomic E-state index is 13.6. The summed E-state index contributed by atoms with van der Waals surface area (Å²) in [6, 6.07) is 2.58. The molecule has 0 aliphatic rings. The van der Waals surface area contributed by atoms with Gasteiger partial charge in [0.25, 0.3) is 0 Å². The number of nitrogens with one attached hydrogen (secondary N) is 2. The molecular weight excluding hydrogens is 309 g/mol. The Bertz CT molecular complexity index is 614. The molecule has 1 aromatic carbocycles. The van der Waals surface area contributed by atoms with Crippen molar-refractivity contribution >= 4 is 40.7 Å². The summed E-state index contributed by atoms with van der Waals surface area (Å²) in [5.41, 5.74) is 0.321. The van der Waals surface area contributed by atoms with E-state index >= 15 is 0 Å². The topological polar surface area (TPSA) is 49.8 Å². The van der Waals surface area contributed by atoms with E-state index in [0.717, 1.165) is 6.20 Å². The highest BCUT2D eigenvalue weighted by Crippen LogP contribution is 2.29. The molecule has 0 aliphatic heterocycles. The normalized spacial score (nSPS) is 10.4. The van der Waals surface area contributed by atoms with Crippen LogP contribution >= 0.6 is 23.2 Å². The Balaban J connectivity index is 2.32. The molecule has 0 atom stereocenters. The minimum Gasteiger partial charge on any atom is -0.354 e. The Labute approximate surface area is 124 Å². The van der Waals surface area contributed by atoms with Crippen molar-refractivity contribution in [2.24, 2.45) is 0 Å². The summed E-state index contributed by atoms with van der Waals surface area (Å²) in [5.74, 6) is -1.16. The quantitative estimate of drug-likeness (QED) is 0.828. The van der Waals surface area contributed by atoms with Crippen molar-refractivity contribution in [3.05, 3.63) is 40.0 Å². The number of nitrogens with zero attached hydrogens (tertiary/aromatic N) is 2. The summed E-state index contributed by atoms with van der Waals surface area (Å²) >= 11 is 11.3. The average molecular weight is 319 g/mol. The van der Waals surface area contributed by atoms with E-state index in [1.54, 1.807) is 0 Å². The van der Waals surface area contributed by atoms with Gasteiger partial charge in [-0.05, 0) is 19.1 Å². The Morgan fingerprint density at radius 1 is 1.20 bits per heavy atom. The summed E-state index contributed by atoms with van der Waals surface area (Å²) in [4.78, 5) is 7.72. The molecule has 106 valence electrons. The van der Waals surface area contributed by atoms with Gasteiger partial charge >= 0.3 is 0 Å². The Kier molecular flexibility index (Phi) is 4.57. The molecule has 0 amide bonds. The average Bonchev–Trinajstić information content (AvgIpc) is 2.40. The maximum atomic E-state index is 13.6. The van der Waals surface area contributed by atoms with Crippen LogP contribution < -0.4 is 10.6 Å². The molecule has 2 aromatic rings. The Morgan fingerprint density at radius 2 is 1.85 bits per heavy atom. The summed E-state index contributed by atoms with van der Waals surface area (Å²) in [6.07, 6.45) is 1.03. The summed E-state index contributed by atoms with van der Waals surface area (Å²) in [6.45, 7) is 2.46. The van der Waals surface area contributed by atoms with Gasteiger partial charge in [-0.25, -0.2) is 13.8 Å². The van der Waals surface area contributed by atoms with Crippen molar-refractivity contribution in [1.82, 2.24) is 9.97 Å². The van der Waals surface area contributed by atoms with Crippen LogP contribution in [0.3, 0.4) is 0 Å². The minimum atomic E-state index is -0.726. The molecule has 1 aromatic heterocycles. The fourth-order valence-corrected chi connectivity index (χ4v) is 1.95. The molecule has 2 rings (SSSR count). The van der Waals surface area contributed by atoms with Gasteiger partial charge < -0.3 is 10.6 Å². The van der Waals surface area contributed by atoms with Crippen molar-refractivity contribution < 1.29 is 8.78 Å². The number of hydrogen-bond acceptors (Lipinski definition) is 4. The van der Waals surface area contributed by atoms with Gasteiger partial charge in [0.2, 0.25) is 5.95 Å². The second-order valence-corrected chi connectivity index (χ2v) is 4.61. The molecular formula is C12H10Cl2F2N4. The van der Waals surface area contributed by atoms with Gasteiger partial charge in [0.1, 0.15) is 0 Å². The van der Waals surface area contributed by atoms with E-state index < -0.39 is 11.6 Å². The van der Waals surface area contributed by atoms with E-state index in [1.807, 2.05) is 6.92 Å². The van der Waals surface area contributed by atoms with Crippen LogP contribution in [0.5, 0.6) is 0 Å². The third-order valence-corrected chi connectivity index (χ3v) is 2.88. The highest BCUT2D eigenvalue weighted by atomic mass is 35.5. The van der Waals surface area contributed by atoms with Gasteiger partial charge in [-0.3, -0.25) is 0 Å². The first kappa shape index (κ1) is 14.7. The van der Waals surface area contributed by atoms with Crippen LogP contribution in [0.2, 0.25) is 10.0 Å². The predicted molar refractivity (Wildman–Crippen MR) is 75.9 cm³/mol. The van der Waals surface area contributed by atoms with Gasteiger partial charge in [0, 0.05) is 12.2 Å². The van der Waals surface area contributed by atoms with Gasteiger partial charge in [-0.15, -0.1) is 0 Å². The molecule has 0 spiro atoms. The molecule has 0 unspecified atom stereocenters. The van der Waals surface area contributed by atoms with E-state index in [4.69, 9.17) is 23.2 Å². The lowest BCUT2D eigenvalue weighted by Crippen LogP contribution is -2.06. The first-order chi connectivity index (χ1) is 9.51. The summed E-state index contributed by atoms with van der Waals surface area (Å²) in [5, 5.41) is 5.20. The lowest BCUT2D eigenvalue weighted by molar-refractivity contribution is 0.619. The number of aromatic nitrogens is 2. The first-order valence-electron chi connectivity index (χ1n) is 5.69. The van der Waals surface area contributed by atoms with Gasteiger partial charge in [0.05, 0.1) is 16.2 Å². The number of anilines is 3. The van der Waals surface area contributed by atoms with Crippen LogP contribution in [0, 0.1) is 11.6 Å². The SMILES string of the molecule is CCNc1ncc(F)c(Nc2cc(Cl)c(F)c(Cl)c2)n1. The molecule has 20 heavy (non-hydrogen) atoms. The Morgan fingerprint density at radius 3 is 2.45 bits per heavy atom. The van der Waals surface area contributed by atoms with Crippen molar-refractivity contribution in [1.29, 1.82) is 0 Å². The minimum absolute atomic E-state index is 0.0605. The van der Waals surface area contributed by atoms with E-state index in [9.17, 15) is 8.78 Å². The fourth-order valence-electron chi connectivity index (χ4n) is 1.46. The second-order valence-electron chi connectivity index (χ2n) is 3.80. The fraction of sp³-hybridized carbons (Fsp3) is 0.167. The first-order valence-corrected chi connectivity index (χ1v) is 6.44. The lowest BCUT2D eigenvalue weighted by Gasteiger charge is -2.09.